The summed E-state index contributed by atoms with van der Waals surface area (Å²) in [5.74, 6) is -3.95. The van der Waals surface area contributed by atoms with E-state index < -0.39 is 35.1 Å². The predicted octanol–water partition coefficient (Wildman–Crippen LogP) is 6.48. The van der Waals surface area contributed by atoms with Gasteiger partial charge in [0.1, 0.15) is 22.8 Å². The van der Waals surface area contributed by atoms with E-state index in [4.69, 9.17) is 16.3 Å². The molecule has 37 heavy (non-hydrogen) atoms. The number of Topliss-reactive ketones (excluding diaryl/α,β-unsaturated/α-hetero) is 1. The highest BCUT2D eigenvalue weighted by Crippen LogP contribution is 2.46. The molecule has 0 radical (unpaired) electrons. The van der Waals surface area contributed by atoms with E-state index in [1.54, 1.807) is 37.3 Å². The third kappa shape index (κ3) is 4.14. The van der Waals surface area contributed by atoms with Crippen LogP contribution in [-0.4, -0.2) is 28.9 Å². The zero-order valence-electron chi connectivity index (χ0n) is 19.8. The second-order valence-corrected chi connectivity index (χ2v) is 10.1. The molecule has 1 aromatic heterocycles. The van der Waals surface area contributed by atoms with E-state index in [0.717, 1.165) is 27.9 Å². The van der Waals surface area contributed by atoms with E-state index in [9.17, 15) is 23.5 Å². The zero-order chi connectivity index (χ0) is 26.6. The van der Waals surface area contributed by atoms with Crippen molar-refractivity contribution < 1.29 is 28.2 Å². The van der Waals surface area contributed by atoms with Gasteiger partial charge in [0, 0.05) is 6.07 Å². The summed E-state index contributed by atoms with van der Waals surface area (Å²) in [4.78, 5) is 32.2. The number of fused-ring (bicyclic) bond motifs is 1. The Morgan fingerprint density at radius 3 is 2.57 bits per heavy atom. The highest BCUT2D eigenvalue weighted by molar-refractivity contribution is 7.22. The molecule has 4 aromatic rings. The number of carbonyl (C=O) groups excluding carboxylic acids is 2. The number of nitrogens with zero attached hydrogens (tertiary/aromatic N) is 2. The van der Waals surface area contributed by atoms with Crippen molar-refractivity contribution in [3.63, 3.8) is 0 Å². The Hall–Kier alpha value is -3.82. The summed E-state index contributed by atoms with van der Waals surface area (Å²) in [5.41, 5.74) is 1.86. The molecular weight excluding hydrogens is 522 g/mol. The average Bonchev–Trinajstić information content (AvgIpc) is 3.37. The number of methoxy groups -OCH3 is 1. The second-order valence-electron chi connectivity index (χ2n) is 8.64. The summed E-state index contributed by atoms with van der Waals surface area (Å²) in [6.07, 6.45) is 0. The van der Waals surface area contributed by atoms with Crippen molar-refractivity contribution in [3.8, 4) is 5.75 Å². The first kappa shape index (κ1) is 24.9. The minimum absolute atomic E-state index is 0.0126. The first-order chi connectivity index (χ1) is 17.6. The number of aryl methyl sites for hydroxylation is 2. The molecular formula is C27H19ClF2N2O4S. The molecule has 1 unspecified atom stereocenters. The lowest BCUT2D eigenvalue weighted by Crippen LogP contribution is -2.29. The Morgan fingerprint density at radius 2 is 1.86 bits per heavy atom. The van der Waals surface area contributed by atoms with Gasteiger partial charge in [-0.05, 0) is 43.2 Å². The van der Waals surface area contributed by atoms with E-state index in [-0.39, 0.29) is 37.3 Å². The number of hydrogen-bond donors (Lipinski definition) is 1. The summed E-state index contributed by atoms with van der Waals surface area (Å²) in [6, 6.07) is 11.0. The van der Waals surface area contributed by atoms with Gasteiger partial charge in [-0.2, -0.15) is 0 Å². The minimum atomic E-state index is -1.10. The summed E-state index contributed by atoms with van der Waals surface area (Å²) in [5, 5.41) is 11.7. The highest BCUT2D eigenvalue weighted by Gasteiger charge is 2.48. The first-order valence-corrected chi connectivity index (χ1v) is 12.3. The SMILES string of the molecule is COc1c(Cl)cc(C)cc1/C(O)=C1\C(=O)C(=O)N(c2nc3c(F)cc(F)cc3s2)C1c1cccc(C)c1. The van der Waals surface area contributed by atoms with Crippen LogP contribution in [0.2, 0.25) is 5.02 Å². The van der Waals surface area contributed by atoms with Crippen LogP contribution in [0.3, 0.4) is 0 Å². The Labute approximate surface area is 219 Å². The average molecular weight is 541 g/mol. The van der Waals surface area contributed by atoms with Gasteiger partial charge in [-0.25, -0.2) is 13.8 Å². The van der Waals surface area contributed by atoms with E-state index in [2.05, 4.69) is 4.98 Å². The van der Waals surface area contributed by atoms with Gasteiger partial charge in [0.2, 0.25) is 0 Å². The van der Waals surface area contributed by atoms with Gasteiger partial charge < -0.3 is 9.84 Å². The van der Waals surface area contributed by atoms with Gasteiger partial charge in [0.05, 0.1) is 34.0 Å². The summed E-state index contributed by atoms with van der Waals surface area (Å²) in [6.45, 7) is 3.60. The molecule has 1 amide bonds. The zero-order valence-corrected chi connectivity index (χ0v) is 21.4. The number of thiazole rings is 1. The quantitative estimate of drug-likeness (QED) is 0.182. The van der Waals surface area contributed by atoms with Crippen LogP contribution in [0, 0.1) is 25.5 Å². The van der Waals surface area contributed by atoms with Crippen LogP contribution in [0.4, 0.5) is 13.9 Å². The first-order valence-electron chi connectivity index (χ1n) is 11.1. The number of benzene rings is 3. The number of carbonyl (C=O) groups is 2. The molecule has 10 heteroatoms. The second kappa shape index (κ2) is 9.24. The molecule has 6 nitrogen and oxygen atoms in total. The molecule has 1 fully saturated rings. The monoisotopic (exact) mass is 540 g/mol. The fraction of sp³-hybridized carbons (Fsp3) is 0.148. The van der Waals surface area contributed by atoms with Gasteiger partial charge in [0.15, 0.2) is 10.9 Å². The number of anilines is 1. The maximum Gasteiger partial charge on any atom is 0.301 e. The lowest BCUT2D eigenvalue weighted by Gasteiger charge is -2.23. The van der Waals surface area contributed by atoms with Crippen molar-refractivity contribution in [1.29, 1.82) is 0 Å². The maximum atomic E-state index is 14.4. The highest BCUT2D eigenvalue weighted by atomic mass is 35.5. The molecule has 1 atom stereocenters. The Morgan fingerprint density at radius 1 is 1.11 bits per heavy atom. The smallest absolute Gasteiger partial charge is 0.301 e. The fourth-order valence-electron chi connectivity index (χ4n) is 4.49. The Bertz CT molecular complexity index is 1650. The molecule has 1 aliphatic rings. The van der Waals surface area contributed by atoms with Gasteiger partial charge in [-0.3, -0.25) is 14.5 Å². The number of ketones is 1. The van der Waals surface area contributed by atoms with Crippen molar-refractivity contribution in [2.45, 2.75) is 19.9 Å². The summed E-state index contributed by atoms with van der Waals surface area (Å²) < 4.78 is 33.8. The van der Waals surface area contributed by atoms with E-state index in [1.807, 2.05) is 13.0 Å². The number of halogens is 3. The molecule has 0 bridgehead atoms. The van der Waals surface area contributed by atoms with Crippen molar-refractivity contribution in [3.05, 3.63) is 93.0 Å². The molecule has 2 heterocycles. The van der Waals surface area contributed by atoms with Crippen LogP contribution >= 0.6 is 22.9 Å². The maximum absolute atomic E-state index is 14.4. The largest absolute Gasteiger partial charge is 0.507 e. The molecule has 3 aromatic carbocycles. The number of rotatable bonds is 4. The van der Waals surface area contributed by atoms with Crippen LogP contribution in [0.25, 0.3) is 16.0 Å². The molecule has 5 rings (SSSR count). The number of ether oxygens (including phenoxy) is 1. The van der Waals surface area contributed by atoms with Crippen LogP contribution in [0.1, 0.15) is 28.3 Å². The molecule has 188 valence electrons. The van der Waals surface area contributed by atoms with Crippen molar-refractivity contribution >= 4 is 55.7 Å². The molecule has 1 saturated heterocycles. The van der Waals surface area contributed by atoms with Crippen LogP contribution in [-0.2, 0) is 9.59 Å². The summed E-state index contributed by atoms with van der Waals surface area (Å²) >= 11 is 7.19. The van der Waals surface area contributed by atoms with E-state index in [1.165, 1.54) is 7.11 Å². The number of aliphatic hydroxyl groups is 1. The predicted molar refractivity (Wildman–Crippen MR) is 138 cm³/mol. The molecule has 0 saturated carbocycles. The molecule has 1 aliphatic heterocycles. The van der Waals surface area contributed by atoms with Crippen LogP contribution < -0.4 is 9.64 Å². The molecule has 0 spiro atoms. The number of hydrogen-bond acceptors (Lipinski definition) is 6. The van der Waals surface area contributed by atoms with Crippen LogP contribution in [0.5, 0.6) is 5.75 Å². The normalized spacial score (nSPS) is 17.1. The lowest BCUT2D eigenvalue weighted by molar-refractivity contribution is -0.132. The van der Waals surface area contributed by atoms with Crippen molar-refractivity contribution in [2.75, 3.05) is 12.0 Å². The van der Waals surface area contributed by atoms with Crippen molar-refractivity contribution in [2.24, 2.45) is 0 Å². The topological polar surface area (TPSA) is 79.7 Å². The van der Waals surface area contributed by atoms with E-state index >= 15 is 0 Å². The fourth-order valence-corrected chi connectivity index (χ4v) is 5.87. The number of amides is 1. The summed E-state index contributed by atoms with van der Waals surface area (Å²) in [7, 11) is 1.37. The number of aromatic nitrogens is 1. The molecule has 1 N–H and O–H groups in total. The Kier molecular flexibility index (Phi) is 6.21. The van der Waals surface area contributed by atoms with Crippen molar-refractivity contribution in [1.82, 2.24) is 4.98 Å². The van der Waals surface area contributed by atoms with Gasteiger partial charge in [0.25, 0.3) is 5.78 Å². The lowest BCUT2D eigenvalue weighted by atomic mass is 9.94. The van der Waals surface area contributed by atoms with Gasteiger partial charge in [-0.1, -0.05) is 52.8 Å². The standard InChI is InChI=1S/C27H19ClF2N2O4S/c1-12-5-4-6-14(7-12)22-20(23(33)16-8-13(2)9-17(28)25(16)36-3)24(34)26(35)32(22)27-31-21-18(30)10-15(29)11-19(21)37-27/h4-11,22,33H,1-3H3/b23-20+. The van der Waals surface area contributed by atoms with Crippen LogP contribution in [0.15, 0.2) is 54.1 Å². The van der Waals surface area contributed by atoms with Gasteiger partial charge >= 0.3 is 5.91 Å². The van der Waals surface area contributed by atoms with E-state index in [0.29, 0.717) is 17.2 Å². The Balaban J connectivity index is 1.79. The molecule has 0 aliphatic carbocycles. The minimum Gasteiger partial charge on any atom is -0.507 e. The number of aliphatic hydroxyl groups excluding tert-OH is 1. The third-order valence-corrected chi connectivity index (χ3v) is 7.34. The van der Waals surface area contributed by atoms with Gasteiger partial charge in [-0.15, -0.1) is 0 Å². The third-order valence-electron chi connectivity index (χ3n) is 6.06.